The van der Waals surface area contributed by atoms with Crippen LogP contribution in [0.1, 0.15) is 16.7 Å². The van der Waals surface area contributed by atoms with Gasteiger partial charge in [-0.1, -0.05) is 18.2 Å². The van der Waals surface area contributed by atoms with E-state index in [0.717, 1.165) is 0 Å². The van der Waals surface area contributed by atoms with Crippen molar-refractivity contribution in [2.45, 2.75) is 26.6 Å². The van der Waals surface area contributed by atoms with Gasteiger partial charge in [-0.3, -0.25) is 0 Å². The van der Waals surface area contributed by atoms with Crippen molar-refractivity contribution in [2.24, 2.45) is 5.92 Å². The first-order valence-electron chi connectivity index (χ1n) is 5.64. The van der Waals surface area contributed by atoms with E-state index in [1.165, 1.54) is 16.7 Å². The summed E-state index contributed by atoms with van der Waals surface area (Å²) < 4.78 is 10.3. The summed E-state index contributed by atoms with van der Waals surface area (Å²) in [4.78, 5) is 0. The Hall–Kier alpha value is -1.37. The third kappa shape index (κ3) is 3.29. The van der Waals surface area contributed by atoms with Gasteiger partial charge in [-0.15, -0.1) is 0 Å². The Bertz CT molecular complexity index is 405. The summed E-state index contributed by atoms with van der Waals surface area (Å²) in [6.45, 7) is 4.15. The van der Waals surface area contributed by atoms with Crippen LogP contribution in [0.25, 0.3) is 0 Å². The van der Waals surface area contributed by atoms with Crippen molar-refractivity contribution in [2.75, 3.05) is 14.2 Å². The summed E-state index contributed by atoms with van der Waals surface area (Å²) in [6, 6.07) is 8.39. The maximum absolute atomic E-state index is 9.17. The number of hydrogen-bond donors (Lipinski definition) is 0. The first kappa shape index (κ1) is 13.7. The lowest BCUT2D eigenvalue weighted by atomic mass is 9.94. The summed E-state index contributed by atoms with van der Waals surface area (Å²) in [5, 5.41) is 9.17. The van der Waals surface area contributed by atoms with Crippen LogP contribution in [0.15, 0.2) is 18.2 Å². The van der Waals surface area contributed by atoms with Crippen LogP contribution in [0.5, 0.6) is 0 Å². The van der Waals surface area contributed by atoms with Crippen molar-refractivity contribution in [1.82, 2.24) is 0 Å². The second-order valence-electron chi connectivity index (χ2n) is 4.14. The second-order valence-corrected chi connectivity index (χ2v) is 4.14. The number of nitrogens with zero attached hydrogens (tertiary/aromatic N) is 1. The first-order valence-corrected chi connectivity index (χ1v) is 5.64. The zero-order valence-electron chi connectivity index (χ0n) is 10.9. The zero-order chi connectivity index (χ0) is 12.8. The molecule has 0 bridgehead atoms. The fourth-order valence-corrected chi connectivity index (χ4v) is 1.90. The van der Waals surface area contributed by atoms with Crippen molar-refractivity contribution < 1.29 is 9.47 Å². The maximum atomic E-state index is 9.17. The maximum Gasteiger partial charge on any atom is 0.172 e. The van der Waals surface area contributed by atoms with Crippen LogP contribution in [0.4, 0.5) is 0 Å². The molecule has 17 heavy (non-hydrogen) atoms. The smallest absolute Gasteiger partial charge is 0.172 e. The third-order valence-corrected chi connectivity index (χ3v) is 3.12. The Balaban J connectivity index is 2.88. The monoisotopic (exact) mass is 233 g/mol. The summed E-state index contributed by atoms with van der Waals surface area (Å²) >= 11 is 0. The van der Waals surface area contributed by atoms with Crippen LogP contribution in [0.2, 0.25) is 0 Å². The molecule has 0 amide bonds. The van der Waals surface area contributed by atoms with Gasteiger partial charge in [0.2, 0.25) is 0 Å². The lowest BCUT2D eigenvalue weighted by molar-refractivity contribution is -0.124. The molecule has 1 rings (SSSR count). The van der Waals surface area contributed by atoms with Crippen LogP contribution in [0.3, 0.4) is 0 Å². The molecule has 0 N–H and O–H groups in total. The Labute approximate surface area is 103 Å². The largest absolute Gasteiger partial charge is 0.354 e. The fraction of sp³-hybridized carbons (Fsp3) is 0.500. The molecule has 0 fully saturated rings. The van der Waals surface area contributed by atoms with Gasteiger partial charge in [-0.25, -0.2) is 0 Å². The molecule has 0 aliphatic rings. The van der Waals surface area contributed by atoms with E-state index in [9.17, 15) is 5.26 Å². The minimum atomic E-state index is -0.472. The van der Waals surface area contributed by atoms with Crippen molar-refractivity contribution in [1.29, 1.82) is 5.26 Å². The van der Waals surface area contributed by atoms with Gasteiger partial charge >= 0.3 is 0 Å². The van der Waals surface area contributed by atoms with E-state index in [-0.39, 0.29) is 5.92 Å². The van der Waals surface area contributed by atoms with Gasteiger partial charge in [0.15, 0.2) is 6.29 Å². The normalized spacial score (nSPS) is 12.5. The summed E-state index contributed by atoms with van der Waals surface area (Å²) in [7, 11) is 3.11. The average Bonchev–Trinajstić information content (AvgIpc) is 2.34. The van der Waals surface area contributed by atoms with E-state index in [1.54, 1.807) is 14.2 Å². The number of aryl methyl sites for hydroxylation is 1. The molecule has 0 saturated carbocycles. The minimum Gasteiger partial charge on any atom is -0.354 e. The minimum absolute atomic E-state index is 0.287. The van der Waals surface area contributed by atoms with Crippen LogP contribution < -0.4 is 0 Å². The first-order chi connectivity index (χ1) is 8.13. The van der Waals surface area contributed by atoms with Gasteiger partial charge in [0, 0.05) is 14.2 Å². The highest BCUT2D eigenvalue weighted by Gasteiger charge is 2.21. The quantitative estimate of drug-likeness (QED) is 0.734. The van der Waals surface area contributed by atoms with E-state index in [2.05, 4.69) is 32.0 Å². The highest BCUT2D eigenvalue weighted by atomic mass is 16.7. The molecule has 3 nitrogen and oxygen atoms in total. The van der Waals surface area contributed by atoms with Crippen LogP contribution in [-0.4, -0.2) is 20.5 Å². The zero-order valence-corrected chi connectivity index (χ0v) is 10.9. The molecule has 0 saturated heterocycles. The van der Waals surface area contributed by atoms with Crippen molar-refractivity contribution in [3.63, 3.8) is 0 Å². The highest BCUT2D eigenvalue weighted by molar-refractivity contribution is 5.33. The molecule has 3 heteroatoms. The number of rotatable bonds is 5. The van der Waals surface area contributed by atoms with Crippen molar-refractivity contribution in [3.05, 3.63) is 34.9 Å². The molecular weight excluding hydrogens is 214 g/mol. The van der Waals surface area contributed by atoms with Crippen molar-refractivity contribution >= 4 is 0 Å². The number of ether oxygens (including phenoxy) is 2. The number of benzene rings is 1. The topological polar surface area (TPSA) is 42.2 Å². The summed E-state index contributed by atoms with van der Waals surface area (Å²) in [5.41, 5.74) is 3.65. The summed E-state index contributed by atoms with van der Waals surface area (Å²) in [5.74, 6) is -0.287. The summed E-state index contributed by atoms with van der Waals surface area (Å²) in [6.07, 6.45) is 0.177. The molecule has 0 heterocycles. The number of hydrogen-bond acceptors (Lipinski definition) is 3. The molecule has 1 aromatic rings. The van der Waals surface area contributed by atoms with E-state index in [1.807, 2.05) is 6.07 Å². The fourth-order valence-electron chi connectivity index (χ4n) is 1.90. The number of methoxy groups -OCH3 is 2. The molecule has 0 radical (unpaired) electrons. The van der Waals surface area contributed by atoms with E-state index < -0.39 is 6.29 Å². The molecular formula is C14H19NO2. The predicted octanol–water partition coefficient (Wildman–Crippen LogP) is 2.60. The predicted molar refractivity (Wildman–Crippen MR) is 66.5 cm³/mol. The molecule has 0 aromatic heterocycles. The Morgan fingerprint density at radius 3 is 2.41 bits per heavy atom. The van der Waals surface area contributed by atoms with Gasteiger partial charge in [0.1, 0.15) is 5.92 Å². The van der Waals surface area contributed by atoms with Gasteiger partial charge in [-0.2, -0.15) is 5.26 Å². The van der Waals surface area contributed by atoms with Gasteiger partial charge in [0.25, 0.3) is 0 Å². The second kappa shape index (κ2) is 6.39. The molecule has 0 spiro atoms. The average molecular weight is 233 g/mol. The number of nitriles is 1. The van der Waals surface area contributed by atoms with Gasteiger partial charge in [0.05, 0.1) is 6.07 Å². The van der Waals surface area contributed by atoms with E-state index in [0.29, 0.717) is 6.42 Å². The van der Waals surface area contributed by atoms with Crippen LogP contribution >= 0.6 is 0 Å². The lowest BCUT2D eigenvalue weighted by Crippen LogP contribution is -2.25. The third-order valence-electron chi connectivity index (χ3n) is 3.12. The highest BCUT2D eigenvalue weighted by Crippen LogP contribution is 2.19. The molecule has 1 unspecified atom stereocenters. The Morgan fingerprint density at radius 1 is 1.24 bits per heavy atom. The van der Waals surface area contributed by atoms with Gasteiger partial charge < -0.3 is 9.47 Å². The van der Waals surface area contributed by atoms with E-state index >= 15 is 0 Å². The standard InChI is InChI=1S/C14H19NO2/c1-10-6-5-7-12(11(10)2)8-13(9-15)14(16-3)17-4/h5-7,13-14H,8H2,1-4H3. The molecule has 92 valence electrons. The Morgan fingerprint density at radius 2 is 1.88 bits per heavy atom. The SMILES string of the molecule is COC(OC)C(C#N)Cc1cccc(C)c1C. The van der Waals surface area contributed by atoms with E-state index in [4.69, 9.17) is 9.47 Å². The Kier molecular flexibility index (Phi) is 5.14. The molecule has 1 aromatic carbocycles. The van der Waals surface area contributed by atoms with Crippen LogP contribution in [0, 0.1) is 31.1 Å². The van der Waals surface area contributed by atoms with Crippen molar-refractivity contribution in [3.8, 4) is 6.07 Å². The molecule has 0 aliphatic heterocycles. The lowest BCUT2D eigenvalue weighted by Gasteiger charge is -2.20. The van der Waals surface area contributed by atoms with Crippen LogP contribution in [-0.2, 0) is 15.9 Å². The molecule has 0 aliphatic carbocycles. The van der Waals surface area contributed by atoms with Gasteiger partial charge in [-0.05, 0) is 37.0 Å². The molecule has 1 atom stereocenters.